The van der Waals surface area contributed by atoms with Gasteiger partial charge in [-0.3, -0.25) is 0 Å². The second-order valence-electron chi connectivity index (χ2n) is 9.54. The Kier molecular flexibility index (Phi) is 12.1. The van der Waals surface area contributed by atoms with Crippen LogP contribution in [0.3, 0.4) is 0 Å². The van der Waals surface area contributed by atoms with E-state index in [9.17, 15) is 19.8 Å². The molecule has 0 fully saturated rings. The van der Waals surface area contributed by atoms with Gasteiger partial charge in [0, 0.05) is 12.8 Å². The molecule has 0 heterocycles. The van der Waals surface area contributed by atoms with E-state index in [-0.39, 0.29) is 49.0 Å². The highest BCUT2D eigenvalue weighted by molar-refractivity contribution is 9.11. The van der Waals surface area contributed by atoms with Gasteiger partial charge in [0.1, 0.15) is 19.0 Å². The molecule has 12 heteroatoms. The van der Waals surface area contributed by atoms with E-state index >= 15 is 0 Å². The van der Waals surface area contributed by atoms with Crippen molar-refractivity contribution in [3.63, 3.8) is 0 Å². The van der Waals surface area contributed by atoms with Crippen LogP contribution in [0.5, 0.6) is 17.2 Å². The highest BCUT2D eigenvalue weighted by Crippen LogP contribution is 2.40. The number of methoxy groups -OCH3 is 1. The number of nitrogens with zero attached hydrogens (tertiary/aromatic N) is 2. The highest BCUT2D eigenvalue weighted by atomic mass is 79.9. The Labute approximate surface area is 276 Å². The summed E-state index contributed by atoms with van der Waals surface area (Å²) in [4.78, 5) is 34.9. The summed E-state index contributed by atoms with van der Waals surface area (Å²) in [6, 6.07) is 26.8. The molecule has 0 saturated heterocycles. The molecule has 0 unspecified atom stereocenters. The smallest absolute Gasteiger partial charge is 0.356 e. The lowest BCUT2D eigenvalue weighted by Crippen LogP contribution is -2.19. The maximum Gasteiger partial charge on any atom is 0.356 e. The van der Waals surface area contributed by atoms with Gasteiger partial charge in [-0.05, 0) is 78.4 Å². The van der Waals surface area contributed by atoms with E-state index in [2.05, 4.69) is 42.2 Å². The van der Waals surface area contributed by atoms with Crippen molar-refractivity contribution in [1.29, 1.82) is 0 Å². The summed E-state index contributed by atoms with van der Waals surface area (Å²) in [6.45, 7) is 0.305. The van der Waals surface area contributed by atoms with Gasteiger partial charge in [-0.15, -0.1) is 0 Å². The fourth-order valence-corrected chi connectivity index (χ4v) is 4.97. The minimum Gasteiger partial charge on any atom is -0.503 e. The topological polar surface area (TPSA) is 136 Å². The lowest BCUT2D eigenvalue weighted by Gasteiger charge is -2.14. The molecule has 4 rings (SSSR count). The van der Waals surface area contributed by atoms with Gasteiger partial charge < -0.3 is 29.4 Å². The molecule has 0 aliphatic rings. The number of carbonyl (C=O) groups excluding carboxylic acids is 1. The molecule has 0 bridgehead atoms. The number of carboxylic acid groups (broad SMARTS) is 1. The minimum absolute atomic E-state index is 0.00271. The van der Waals surface area contributed by atoms with Crippen LogP contribution in [0.4, 0.5) is 0 Å². The van der Waals surface area contributed by atoms with Crippen LogP contribution >= 0.6 is 31.9 Å². The summed E-state index contributed by atoms with van der Waals surface area (Å²) in [5.74, 6) is -1.58. The molecule has 0 spiro atoms. The van der Waals surface area contributed by atoms with Crippen LogP contribution in [-0.4, -0.2) is 40.7 Å². The van der Waals surface area contributed by atoms with Gasteiger partial charge in [-0.2, -0.15) is 0 Å². The third kappa shape index (κ3) is 9.91. The Balaban J connectivity index is 1.47. The van der Waals surface area contributed by atoms with Crippen molar-refractivity contribution in [2.24, 2.45) is 10.3 Å². The van der Waals surface area contributed by atoms with E-state index < -0.39 is 11.9 Å². The zero-order valence-electron chi connectivity index (χ0n) is 24.0. The van der Waals surface area contributed by atoms with Crippen LogP contribution in [0.2, 0.25) is 0 Å². The van der Waals surface area contributed by atoms with Gasteiger partial charge in [0.2, 0.25) is 0 Å². The second-order valence-corrected chi connectivity index (χ2v) is 11.2. The first-order valence-electron chi connectivity index (χ1n) is 13.5. The number of halogens is 2. The molecule has 10 nitrogen and oxygen atoms in total. The first kappa shape index (κ1) is 33.2. The van der Waals surface area contributed by atoms with Crippen LogP contribution in [-0.2, 0) is 50.1 Å². The summed E-state index contributed by atoms with van der Waals surface area (Å²) in [5, 5.41) is 28.1. The van der Waals surface area contributed by atoms with Crippen molar-refractivity contribution >= 4 is 55.2 Å². The zero-order valence-corrected chi connectivity index (χ0v) is 27.2. The van der Waals surface area contributed by atoms with Crippen LogP contribution in [0.25, 0.3) is 0 Å². The van der Waals surface area contributed by atoms with Crippen molar-refractivity contribution in [2.75, 3.05) is 7.11 Å². The Morgan fingerprint density at radius 2 is 1.24 bits per heavy atom. The van der Waals surface area contributed by atoms with E-state index in [1.165, 1.54) is 7.11 Å². The molecule has 45 heavy (non-hydrogen) atoms. The maximum absolute atomic E-state index is 12.4. The Morgan fingerprint density at radius 1 is 0.689 bits per heavy atom. The Bertz CT molecular complexity index is 1700. The number of carboxylic acids is 1. The molecule has 0 aliphatic heterocycles. The van der Waals surface area contributed by atoms with Crippen LogP contribution < -0.4 is 4.74 Å². The SMILES string of the molecule is COC(=O)/C(Cc1cc(Br)c(O)c(Oc2ccc(C/C(=N/OCc3ccccc3)C(=O)O)cc2Br)c1)=N\OCc1ccccc1. The van der Waals surface area contributed by atoms with Crippen LogP contribution in [0.15, 0.2) is 110 Å². The van der Waals surface area contributed by atoms with Crippen molar-refractivity contribution in [2.45, 2.75) is 26.1 Å². The third-order valence-corrected chi connectivity index (χ3v) is 7.44. The lowest BCUT2D eigenvalue weighted by molar-refractivity contribution is -0.133. The van der Waals surface area contributed by atoms with Gasteiger partial charge in [0.15, 0.2) is 22.9 Å². The summed E-state index contributed by atoms with van der Waals surface area (Å²) >= 11 is 6.79. The molecule has 0 aromatic heterocycles. The predicted octanol–water partition coefficient (Wildman–Crippen LogP) is 7.20. The summed E-state index contributed by atoms with van der Waals surface area (Å²) in [5.41, 5.74) is 2.80. The van der Waals surface area contributed by atoms with Crippen molar-refractivity contribution in [1.82, 2.24) is 0 Å². The van der Waals surface area contributed by atoms with E-state index in [4.69, 9.17) is 19.1 Å². The standard InChI is InChI=1S/C33H28Br2N2O8/c1-42-33(41)28(37-44-20-22-10-6-3-7-11-22)17-24-15-26(35)31(38)30(18-24)45-29-13-12-23(14-25(29)34)16-27(32(39)40)36-43-19-21-8-4-2-5-9-21/h2-15,18,38H,16-17,19-20H2,1H3,(H,39,40)/b36-27-,37-28-. The van der Waals surface area contributed by atoms with E-state index in [1.807, 2.05) is 60.7 Å². The average molecular weight is 740 g/mol. The number of phenols is 1. The van der Waals surface area contributed by atoms with Gasteiger partial charge >= 0.3 is 11.9 Å². The van der Waals surface area contributed by atoms with Crippen molar-refractivity contribution in [3.05, 3.63) is 122 Å². The second kappa shape index (κ2) is 16.4. The average Bonchev–Trinajstić information content (AvgIpc) is 3.04. The number of hydrogen-bond donors (Lipinski definition) is 2. The number of esters is 1. The van der Waals surface area contributed by atoms with Gasteiger partial charge in [-0.25, -0.2) is 9.59 Å². The largest absolute Gasteiger partial charge is 0.503 e. The number of aliphatic carboxylic acids is 1. The van der Waals surface area contributed by atoms with Crippen LogP contribution in [0, 0.1) is 0 Å². The van der Waals surface area contributed by atoms with Gasteiger partial charge in [-0.1, -0.05) is 77.0 Å². The monoisotopic (exact) mass is 738 g/mol. The first-order valence-corrected chi connectivity index (χ1v) is 15.1. The Hall–Kier alpha value is -4.68. The molecule has 0 amide bonds. The van der Waals surface area contributed by atoms with Gasteiger partial charge in [0.05, 0.1) is 16.1 Å². The summed E-state index contributed by atoms with van der Waals surface area (Å²) < 4.78 is 11.7. The number of oxime groups is 2. The lowest BCUT2D eigenvalue weighted by atomic mass is 10.1. The maximum atomic E-state index is 12.4. The number of carbonyl (C=O) groups is 2. The zero-order chi connectivity index (χ0) is 32.2. The first-order chi connectivity index (χ1) is 21.7. The number of phenolic OH excluding ortho intramolecular Hbond substituents is 1. The highest BCUT2D eigenvalue weighted by Gasteiger charge is 2.19. The fourth-order valence-electron chi connectivity index (χ4n) is 3.97. The number of benzene rings is 4. The van der Waals surface area contributed by atoms with Crippen molar-refractivity contribution < 1.29 is 39.0 Å². The number of rotatable bonds is 14. The predicted molar refractivity (Wildman–Crippen MR) is 174 cm³/mol. The summed E-state index contributed by atoms with van der Waals surface area (Å²) in [6.07, 6.45) is 0.0255. The third-order valence-electron chi connectivity index (χ3n) is 6.21. The Morgan fingerprint density at radius 3 is 1.80 bits per heavy atom. The number of aromatic hydroxyl groups is 1. The normalized spacial score (nSPS) is 11.5. The molecule has 4 aromatic rings. The molecule has 0 saturated carbocycles. The molecule has 2 N–H and O–H groups in total. The van der Waals surface area contributed by atoms with Gasteiger partial charge in [0.25, 0.3) is 0 Å². The van der Waals surface area contributed by atoms with E-state index in [1.54, 1.807) is 30.3 Å². The van der Waals surface area contributed by atoms with Crippen LogP contribution in [0.1, 0.15) is 22.3 Å². The molecular formula is C33H28Br2N2O8. The molecule has 4 aromatic carbocycles. The van der Waals surface area contributed by atoms with E-state index in [0.29, 0.717) is 25.8 Å². The molecule has 0 radical (unpaired) electrons. The molecule has 0 atom stereocenters. The molecule has 232 valence electrons. The van der Waals surface area contributed by atoms with E-state index in [0.717, 1.165) is 11.1 Å². The minimum atomic E-state index is -1.20. The number of hydrogen-bond acceptors (Lipinski definition) is 9. The molecule has 0 aliphatic carbocycles. The van der Waals surface area contributed by atoms with Crippen molar-refractivity contribution in [3.8, 4) is 17.2 Å². The fraction of sp³-hybridized carbons (Fsp3) is 0.152. The number of ether oxygens (including phenoxy) is 2. The summed E-state index contributed by atoms with van der Waals surface area (Å²) in [7, 11) is 1.25. The molecular weight excluding hydrogens is 712 g/mol. The quantitative estimate of drug-likeness (QED) is 0.0788.